The minimum Gasteiger partial charge on any atom is -0.454 e. The number of hydrogen-bond acceptors (Lipinski definition) is 13. The molecule has 0 aliphatic carbocycles. The number of aryl methyl sites for hydroxylation is 2. The second-order valence-electron chi connectivity index (χ2n) is 17.5. The highest BCUT2D eigenvalue weighted by atomic mass is 32.2. The topological polar surface area (TPSA) is 267 Å². The number of hydrogen-bond donors (Lipinski definition) is 3. The van der Waals surface area contributed by atoms with Crippen molar-refractivity contribution < 1.29 is 50.3 Å². The van der Waals surface area contributed by atoms with Gasteiger partial charge in [-0.3, -0.25) is 24.0 Å². The molecule has 0 bridgehead atoms. The zero-order valence-corrected chi connectivity index (χ0v) is 42.1. The number of sulfonamides is 2. The molecule has 0 fully saturated rings. The smallest absolute Gasteiger partial charge is 0.242 e. The van der Waals surface area contributed by atoms with Crippen LogP contribution in [0.5, 0.6) is 11.5 Å². The van der Waals surface area contributed by atoms with E-state index in [0.717, 1.165) is 5.56 Å². The molecule has 0 spiro atoms. The van der Waals surface area contributed by atoms with Crippen LogP contribution in [-0.2, 0) is 70.0 Å². The number of primary sulfonamides is 2. The molecule has 5 N–H and O–H groups in total. The molecule has 72 heavy (non-hydrogen) atoms. The van der Waals surface area contributed by atoms with Crippen LogP contribution in [0.25, 0.3) is 0 Å². The molecule has 5 aromatic rings. The van der Waals surface area contributed by atoms with Crippen LogP contribution >= 0.6 is 0 Å². The second kappa shape index (κ2) is 24.9. The Bertz CT molecular complexity index is 2920. The van der Waals surface area contributed by atoms with Crippen molar-refractivity contribution in [3.8, 4) is 11.5 Å². The number of benzene rings is 4. The van der Waals surface area contributed by atoms with E-state index in [2.05, 4.69) is 10.3 Å². The number of ketones is 1. The average molecular weight is 1030 g/mol. The van der Waals surface area contributed by atoms with E-state index in [1.54, 1.807) is 61.9 Å². The van der Waals surface area contributed by atoms with Gasteiger partial charge < -0.3 is 39.0 Å². The summed E-state index contributed by atoms with van der Waals surface area (Å²) in [5.74, 6) is -1.53. The monoisotopic (exact) mass is 1030 g/mol. The number of nitrogens with two attached hydrogens (primary N) is 2. The fourth-order valence-electron chi connectivity index (χ4n) is 8.13. The van der Waals surface area contributed by atoms with Crippen LogP contribution in [0.15, 0.2) is 120 Å². The van der Waals surface area contributed by atoms with Gasteiger partial charge in [0.1, 0.15) is 18.9 Å². The summed E-state index contributed by atoms with van der Waals surface area (Å²) in [4.78, 5) is 79.9. The van der Waals surface area contributed by atoms with Crippen LogP contribution in [0.3, 0.4) is 0 Å². The lowest BCUT2D eigenvalue weighted by atomic mass is 10.1. The Morgan fingerprint density at radius 1 is 0.722 bits per heavy atom. The van der Waals surface area contributed by atoms with Crippen molar-refractivity contribution in [2.75, 3.05) is 59.2 Å². The first kappa shape index (κ1) is 54.4. The third-order valence-corrected chi connectivity index (χ3v) is 14.1. The van der Waals surface area contributed by atoms with Gasteiger partial charge in [0.15, 0.2) is 11.5 Å². The standard InChI is InChI=1S/C50H61N9O11S2/c1-36-26-40(13-17-46(36)72(52,67)68)19-24-56(29-37(2)60)48(62)32-58(30-41-12-16-44-45(27-41)70-35-69-44)49(63)31-57(23-18-39-10-14-43(15-11-39)71(51,65)66)50(64)33-59(38(3)42-8-5-4-6-9-42)47(61)28-53-20-7-22-55-25-21-54-34-55/h4-6,8-17,21,25-27,34,38,53H,7,18-20,22-24,28-33,35H2,1-3H3,(H2,51,65,66)(H2,52,67,68). The second-order valence-corrected chi connectivity index (χ2v) is 20.6. The van der Waals surface area contributed by atoms with Gasteiger partial charge in [0, 0.05) is 38.6 Å². The van der Waals surface area contributed by atoms with Gasteiger partial charge in [0.05, 0.1) is 41.8 Å². The van der Waals surface area contributed by atoms with Gasteiger partial charge in [-0.2, -0.15) is 0 Å². The summed E-state index contributed by atoms with van der Waals surface area (Å²) in [6.45, 7) is 3.96. The Morgan fingerprint density at radius 3 is 2.00 bits per heavy atom. The summed E-state index contributed by atoms with van der Waals surface area (Å²) >= 11 is 0. The number of ether oxygens (including phenoxy) is 2. The SMILES string of the molecule is CC(=O)CN(CCc1ccc(S(N)(=O)=O)c(C)c1)C(=O)CN(Cc1ccc2c(c1)OCO2)C(=O)CN(CCc1ccc(S(N)(=O)=O)cc1)C(=O)CN(C(=O)CNCCCn1ccnc1)C(C)c1ccccc1. The van der Waals surface area contributed by atoms with E-state index in [0.29, 0.717) is 53.3 Å². The van der Waals surface area contributed by atoms with Crippen LogP contribution < -0.4 is 25.1 Å². The normalized spacial score (nSPS) is 12.5. The number of rotatable bonds is 26. The minimum absolute atomic E-state index is 0.00317. The summed E-state index contributed by atoms with van der Waals surface area (Å²) in [5.41, 5.74) is 3.06. The van der Waals surface area contributed by atoms with Crippen molar-refractivity contribution in [2.45, 2.75) is 69.0 Å². The van der Waals surface area contributed by atoms with Gasteiger partial charge in [-0.15, -0.1) is 0 Å². The molecule has 1 atom stereocenters. The number of carbonyl (C=O) groups excluding carboxylic acids is 5. The minimum atomic E-state index is -3.99. The molecule has 1 aliphatic rings. The highest BCUT2D eigenvalue weighted by Crippen LogP contribution is 2.33. The fraction of sp³-hybridized carbons (Fsp3) is 0.360. The van der Waals surface area contributed by atoms with Gasteiger partial charge in [0.2, 0.25) is 50.5 Å². The van der Waals surface area contributed by atoms with Crippen molar-refractivity contribution in [3.05, 3.63) is 138 Å². The first-order valence-corrected chi connectivity index (χ1v) is 26.3. The molecular formula is C50H61N9O11S2. The molecule has 4 amide bonds. The zero-order valence-electron chi connectivity index (χ0n) is 40.5. The zero-order chi connectivity index (χ0) is 52.0. The lowest BCUT2D eigenvalue weighted by Gasteiger charge is -2.33. The van der Waals surface area contributed by atoms with Gasteiger partial charge >= 0.3 is 0 Å². The van der Waals surface area contributed by atoms with E-state index in [1.165, 1.54) is 44.7 Å². The number of amides is 4. The molecule has 0 saturated carbocycles. The number of Topliss-reactive ketones (excluding diaryl/α,β-unsaturated/α-hetero) is 1. The van der Waals surface area contributed by atoms with Crippen molar-refractivity contribution in [1.29, 1.82) is 0 Å². The van der Waals surface area contributed by atoms with E-state index in [1.807, 2.05) is 48.0 Å². The van der Waals surface area contributed by atoms with E-state index in [9.17, 15) is 40.8 Å². The number of imidazole rings is 1. The van der Waals surface area contributed by atoms with Gasteiger partial charge in [-0.25, -0.2) is 32.1 Å². The van der Waals surface area contributed by atoms with Gasteiger partial charge in [0.25, 0.3) is 0 Å². The lowest BCUT2D eigenvalue weighted by Crippen LogP contribution is -2.51. The first-order chi connectivity index (χ1) is 34.2. The predicted octanol–water partition coefficient (Wildman–Crippen LogP) is 2.54. The molecule has 22 heteroatoms. The van der Waals surface area contributed by atoms with Gasteiger partial charge in [-0.1, -0.05) is 60.7 Å². The van der Waals surface area contributed by atoms with Crippen LogP contribution in [-0.4, -0.2) is 135 Å². The molecule has 384 valence electrons. The number of nitrogens with one attached hydrogen (secondary N) is 1. The van der Waals surface area contributed by atoms with E-state index in [4.69, 9.17) is 19.8 Å². The first-order valence-electron chi connectivity index (χ1n) is 23.2. The molecule has 1 unspecified atom stereocenters. The summed E-state index contributed by atoms with van der Waals surface area (Å²) in [6.07, 6.45) is 6.35. The van der Waals surface area contributed by atoms with E-state index >= 15 is 0 Å². The molecule has 1 aromatic heterocycles. The third kappa shape index (κ3) is 15.8. The lowest BCUT2D eigenvalue weighted by molar-refractivity contribution is -0.147. The molecule has 0 saturated heterocycles. The van der Waals surface area contributed by atoms with E-state index < -0.39 is 63.4 Å². The van der Waals surface area contributed by atoms with Crippen molar-refractivity contribution in [1.82, 2.24) is 34.5 Å². The van der Waals surface area contributed by atoms with Crippen LogP contribution in [0.4, 0.5) is 0 Å². The quantitative estimate of drug-likeness (QED) is 0.0674. The molecule has 20 nitrogen and oxygen atoms in total. The molecular weight excluding hydrogens is 967 g/mol. The summed E-state index contributed by atoms with van der Waals surface area (Å²) < 4.78 is 61.2. The molecule has 6 rings (SSSR count). The Hall–Kier alpha value is -6.98. The summed E-state index contributed by atoms with van der Waals surface area (Å²) in [5, 5.41) is 13.9. The molecule has 1 aliphatic heterocycles. The maximum atomic E-state index is 14.8. The molecule has 0 radical (unpaired) electrons. The third-order valence-electron chi connectivity index (χ3n) is 12.1. The summed E-state index contributed by atoms with van der Waals surface area (Å²) in [7, 11) is -7.96. The number of carbonyl (C=O) groups is 5. The van der Waals surface area contributed by atoms with Crippen molar-refractivity contribution >= 4 is 49.5 Å². The molecule has 4 aromatic carbocycles. The highest BCUT2D eigenvalue weighted by Gasteiger charge is 2.30. The predicted molar refractivity (Wildman–Crippen MR) is 266 cm³/mol. The number of aromatic nitrogens is 2. The van der Waals surface area contributed by atoms with E-state index in [-0.39, 0.29) is 73.8 Å². The van der Waals surface area contributed by atoms with Crippen LogP contribution in [0.1, 0.15) is 54.1 Å². The van der Waals surface area contributed by atoms with Crippen molar-refractivity contribution in [3.63, 3.8) is 0 Å². The Kier molecular flexibility index (Phi) is 18.8. The number of fused-ring (bicyclic) bond motifs is 1. The number of nitrogens with zero attached hydrogens (tertiary/aromatic N) is 6. The van der Waals surface area contributed by atoms with Crippen LogP contribution in [0, 0.1) is 6.92 Å². The van der Waals surface area contributed by atoms with Gasteiger partial charge in [-0.05, 0) is 105 Å². The largest absolute Gasteiger partial charge is 0.454 e. The average Bonchev–Trinajstić information content (AvgIpc) is 4.05. The Balaban J connectivity index is 1.27. The Morgan fingerprint density at radius 2 is 1.35 bits per heavy atom. The maximum absolute atomic E-state index is 14.8. The molecule has 2 heterocycles. The Labute approximate surface area is 420 Å². The summed E-state index contributed by atoms with van der Waals surface area (Å²) in [6, 6.07) is 24.1. The van der Waals surface area contributed by atoms with Crippen molar-refractivity contribution in [2.24, 2.45) is 10.3 Å². The fourth-order valence-corrected chi connectivity index (χ4v) is 9.41. The maximum Gasteiger partial charge on any atom is 0.242 e. The van der Waals surface area contributed by atoms with Crippen LogP contribution in [0.2, 0.25) is 0 Å². The highest BCUT2D eigenvalue weighted by molar-refractivity contribution is 7.89.